The summed E-state index contributed by atoms with van der Waals surface area (Å²) in [5.41, 5.74) is 0.286. The Balaban J connectivity index is 2.12. The number of hydrogen-bond acceptors (Lipinski definition) is 3. The van der Waals surface area contributed by atoms with Crippen molar-refractivity contribution in [2.45, 2.75) is 99.6 Å². The molecular formula is C21H37BS3. The molecule has 4 bridgehead atoms. The summed E-state index contributed by atoms with van der Waals surface area (Å²) >= 11 is 15.8. The van der Waals surface area contributed by atoms with Crippen molar-refractivity contribution in [1.82, 2.24) is 0 Å². The number of rotatable bonds is 0. The fraction of sp³-hybridized carbons (Fsp3) is 1.00. The molecular weight excluding hydrogens is 359 g/mol. The van der Waals surface area contributed by atoms with Crippen LogP contribution in [-0.4, -0.2) is 23.1 Å². The minimum absolute atomic E-state index is 0.0513. The maximum Gasteiger partial charge on any atom is 0.0757 e. The van der Waals surface area contributed by atoms with Crippen LogP contribution in [-0.2, 0) is 0 Å². The number of hydrogen-bond donors (Lipinski definition) is 3. The Morgan fingerprint density at radius 2 is 1.68 bits per heavy atom. The lowest BCUT2D eigenvalue weighted by atomic mass is 9.58. The third-order valence-corrected chi connectivity index (χ3v) is 11.6. The summed E-state index contributed by atoms with van der Waals surface area (Å²) < 4.78 is 0.0513. The minimum Gasteiger partial charge on any atom is -0.176 e. The zero-order valence-corrected chi connectivity index (χ0v) is 19.2. The van der Waals surface area contributed by atoms with E-state index in [2.05, 4.69) is 27.7 Å². The molecule has 0 aromatic heterocycles. The molecule has 0 aromatic carbocycles. The van der Waals surface area contributed by atoms with E-state index in [0.717, 1.165) is 37.5 Å². The topological polar surface area (TPSA) is 0 Å². The van der Waals surface area contributed by atoms with Crippen LogP contribution in [0.1, 0.15) is 79.1 Å². The first-order valence-electron chi connectivity index (χ1n) is 10.4. The Morgan fingerprint density at radius 3 is 2.36 bits per heavy atom. The Kier molecular flexibility index (Phi) is 5.98. The van der Waals surface area contributed by atoms with Gasteiger partial charge in [-0.15, -0.1) is 0 Å². The minimum atomic E-state index is -0.189. The van der Waals surface area contributed by atoms with Crippen molar-refractivity contribution in [3.63, 3.8) is 0 Å². The highest BCUT2D eigenvalue weighted by Crippen LogP contribution is 2.63. The van der Waals surface area contributed by atoms with Crippen LogP contribution in [0, 0.1) is 29.1 Å². The molecule has 0 aliphatic heterocycles. The molecule has 0 N–H and O–H groups in total. The van der Waals surface area contributed by atoms with Crippen molar-refractivity contribution >= 4 is 45.7 Å². The van der Waals surface area contributed by atoms with E-state index >= 15 is 0 Å². The van der Waals surface area contributed by atoms with Gasteiger partial charge in [-0.05, 0) is 53.6 Å². The molecule has 3 rings (SSSR count). The third-order valence-electron chi connectivity index (χ3n) is 8.81. The highest BCUT2D eigenvalue weighted by atomic mass is 32.1. The second-order valence-electron chi connectivity index (χ2n) is 10.2. The summed E-state index contributed by atoms with van der Waals surface area (Å²) in [4.78, 5) is 0. The van der Waals surface area contributed by atoms with E-state index in [4.69, 9.17) is 45.7 Å². The van der Waals surface area contributed by atoms with Crippen molar-refractivity contribution in [3.05, 3.63) is 0 Å². The van der Waals surface area contributed by atoms with Crippen LogP contribution in [0.2, 0.25) is 5.31 Å². The van der Waals surface area contributed by atoms with Crippen LogP contribution in [0.4, 0.5) is 0 Å². The van der Waals surface area contributed by atoms with E-state index in [9.17, 15) is 0 Å². The zero-order chi connectivity index (χ0) is 18.6. The average Bonchev–Trinajstić information content (AvgIpc) is 2.72. The molecule has 0 nitrogen and oxygen atoms in total. The summed E-state index contributed by atoms with van der Waals surface area (Å²) in [5, 5.41) is 0.473. The van der Waals surface area contributed by atoms with Crippen molar-refractivity contribution in [1.29, 1.82) is 0 Å². The van der Waals surface area contributed by atoms with Crippen LogP contribution in [0.15, 0.2) is 0 Å². The van der Waals surface area contributed by atoms with Gasteiger partial charge in [-0.25, -0.2) is 0 Å². The summed E-state index contributed by atoms with van der Waals surface area (Å²) in [5.74, 6) is 2.61. The second kappa shape index (κ2) is 7.18. The lowest BCUT2D eigenvalue weighted by Gasteiger charge is -2.53. The van der Waals surface area contributed by atoms with Crippen LogP contribution in [0.25, 0.3) is 0 Å². The van der Waals surface area contributed by atoms with Crippen LogP contribution in [0.5, 0.6) is 0 Å². The average molecular weight is 397 g/mol. The molecule has 3 aliphatic rings. The van der Waals surface area contributed by atoms with Gasteiger partial charge in [0.25, 0.3) is 0 Å². The highest BCUT2D eigenvalue weighted by molar-refractivity contribution is 7.82. The molecule has 0 heterocycles. The van der Waals surface area contributed by atoms with Gasteiger partial charge in [-0.2, -0.15) is 37.9 Å². The number of fused-ring (bicyclic) bond motifs is 7. The van der Waals surface area contributed by atoms with Crippen LogP contribution in [0.3, 0.4) is 0 Å². The Hall–Kier alpha value is 1.11. The molecule has 3 aliphatic carbocycles. The molecule has 2 radical (unpaired) electrons. The molecule has 3 fully saturated rings. The van der Waals surface area contributed by atoms with E-state index in [1.165, 1.54) is 25.7 Å². The maximum absolute atomic E-state index is 6.72. The molecule has 9 atom stereocenters. The summed E-state index contributed by atoms with van der Waals surface area (Å²) in [6, 6.07) is 0. The molecule has 0 amide bonds. The third kappa shape index (κ3) is 3.37. The lowest BCUT2D eigenvalue weighted by molar-refractivity contribution is 0.0798. The Bertz CT molecular complexity index is 496. The highest BCUT2D eigenvalue weighted by Gasteiger charge is 2.58. The van der Waals surface area contributed by atoms with E-state index in [0.29, 0.717) is 17.1 Å². The predicted molar refractivity (Wildman–Crippen MR) is 122 cm³/mol. The fourth-order valence-corrected chi connectivity index (χ4v) is 8.29. The predicted octanol–water partition coefficient (Wildman–Crippen LogP) is 6.27. The largest absolute Gasteiger partial charge is 0.176 e. The second-order valence-corrected chi connectivity index (χ2v) is 12.2. The van der Waals surface area contributed by atoms with Crippen molar-refractivity contribution < 1.29 is 0 Å². The fourth-order valence-electron chi connectivity index (χ4n) is 6.55. The van der Waals surface area contributed by atoms with Gasteiger partial charge in [0.1, 0.15) is 0 Å². The first-order valence-corrected chi connectivity index (χ1v) is 11.9. The van der Waals surface area contributed by atoms with Crippen molar-refractivity contribution in [3.8, 4) is 0 Å². The smallest absolute Gasteiger partial charge is 0.0757 e. The van der Waals surface area contributed by atoms with Gasteiger partial charge >= 0.3 is 0 Å². The molecule has 142 valence electrons. The van der Waals surface area contributed by atoms with Gasteiger partial charge in [0.15, 0.2) is 0 Å². The van der Waals surface area contributed by atoms with E-state index in [-0.39, 0.29) is 20.7 Å². The molecule has 3 saturated carbocycles. The molecule has 4 heteroatoms. The zero-order valence-electron chi connectivity index (χ0n) is 16.5. The van der Waals surface area contributed by atoms with Gasteiger partial charge in [-0.1, -0.05) is 65.1 Å². The Morgan fingerprint density at radius 1 is 1.00 bits per heavy atom. The monoisotopic (exact) mass is 396 g/mol. The molecule has 0 aromatic rings. The SMILES string of the molecule is [B]C1(C)CCCC2(S)C(C)C(S)C(CC1S)C1CCCC(C)C2(C)C1. The summed E-state index contributed by atoms with van der Waals surface area (Å²) in [6.45, 7) is 9.69. The van der Waals surface area contributed by atoms with Gasteiger partial charge in [0.05, 0.1) is 7.85 Å². The first-order chi connectivity index (χ1) is 11.5. The summed E-state index contributed by atoms with van der Waals surface area (Å²) in [6.07, 6.45) is 9.82. The van der Waals surface area contributed by atoms with E-state index in [1.807, 2.05) is 0 Å². The van der Waals surface area contributed by atoms with Gasteiger partial charge in [0.2, 0.25) is 0 Å². The molecule has 0 spiro atoms. The lowest BCUT2D eigenvalue weighted by Crippen LogP contribution is -2.52. The van der Waals surface area contributed by atoms with Gasteiger partial charge in [-0.3, -0.25) is 0 Å². The maximum atomic E-state index is 6.72. The van der Waals surface area contributed by atoms with Gasteiger partial charge in [0, 0.05) is 10.00 Å². The van der Waals surface area contributed by atoms with E-state index in [1.54, 1.807) is 0 Å². The quantitative estimate of drug-likeness (QED) is 0.312. The number of thiol groups is 3. The molecule has 9 unspecified atom stereocenters. The van der Waals surface area contributed by atoms with Crippen LogP contribution < -0.4 is 0 Å². The van der Waals surface area contributed by atoms with Crippen molar-refractivity contribution in [2.75, 3.05) is 0 Å². The summed E-state index contributed by atoms with van der Waals surface area (Å²) in [7, 11) is 6.72. The first kappa shape index (κ1) is 20.8. The normalized spacial score (nSPS) is 57.6. The Labute approximate surface area is 174 Å². The molecule has 0 saturated heterocycles. The van der Waals surface area contributed by atoms with Crippen molar-refractivity contribution in [2.24, 2.45) is 29.1 Å². The standard InChI is InChI=1S/C21H37BS3/c1-13-7-5-8-15-12-19(13,3)21(25)10-6-9-20(4,22)17(23)11-16(15)18(24)14(21)2/h13-18,23-25H,5-12H2,1-4H3. The van der Waals surface area contributed by atoms with Gasteiger partial charge < -0.3 is 0 Å². The van der Waals surface area contributed by atoms with Crippen LogP contribution >= 0.6 is 37.9 Å². The molecule has 25 heavy (non-hydrogen) atoms. The van der Waals surface area contributed by atoms with E-state index < -0.39 is 0 Å².